The third-order valence-corrected chi connectivity index (χ3v) is 5.46. The molecule has 1 unspecified atom stereocenters. The van der Waals surface area contributed by atoms with Crippen LogP contribution in [0.25, 0.3) is 0 Å². The summed E-state index contributed by atoms with van der Waals surface area (Å²) in [5.41, 5.74) is 1.89. The number of rotatable bonds is 7. The fourth-order valence-electron chi connectivity index (χ4n) is 3.66. The van der Waals surface area contributed by atoms with E-state index in [1.807, 2.05) is 30.3 Å². The van der Waals surface area contributed by atoms with Gasteiger partial charge in [-0.3, -0.25) is 4.79 Å². The molecule has 1 aliphatic rings. The molecular weight excluding hydrogens is 404 g/mol. The number of piperazine rings is 1. The Morgan fingerprint density at radius 1 is 0.938 bits per heavy atom. The Labute approximate surface area is 188 Å². The lowest BCUT2D eigenvalue weighted by atomic mass is 10.2. The van der Waals surface area contributed by atoms with Gasteiger partial charge >= 0.3 is 0 Å². The molecule has 0 radical (unpaired) electrons. The van der Waals surface area contributed by atoms with E-state index in [1.165, 1.54) is 5.69 Å². The minimum atomic E-state index is -0.659. The van der Waals surface area contributed by atoms with E-state index in [4.69, 9.17) is 9.47 Å². The van der Waals surface area contributed by atoms with Crippen LogP contribution in [0.15, 0.2) is 72.9 Å². The fourth-order valence-corrected chi connectivity index (χ4v) is 3.66. The zero-order valence-electron chi connectivity index (χ0n) is 18.4. The Morgan fingerprint density at radius 2 is 1.66 bits per heavy atom. The van der Waals surface area contributed by atoms with Crippen LogP contribution in [0.1, 0.15) is 6.92 Å². The summed E-state index contributed by atoms with van der Waals surface area (Å²) in [6, 6.07) is 21.5. The third kappa shape index (κ3) is 5.29. The number of nitrogens with zero attached hydrogens (tertiary/aromatic N) is 3. The van der Waals surface area contributed by atoms with Crippen LogP contribution in [0.2, 0.25) is 0 Å². The van der Waals surface area contributed by atoms with Gasteiger partial charge < -0.3 is 24.6 Å². The van der Waals surface area contributed by atoms with Crippen LogP contribution in [-0.4, -0.2) is 50.3 Å². The molecule has 0 spiro atoms. The van der Waals surface area contributed by atoms with E-state index in [2.05, 4.69) is 44.4 Å². The number of ether oxygens (including phenoxy) is 2. The van der Waals surface area contributed by atoms with Gasteiger partial charge in [0.1, 0.15) is 17.3 Å². The second kappa shape index (κ2) is 10.0. The topological polar surface area (TPSA) is 66.9 Å². The Bertz CT molecular complexity index is 1020. The third-order valence-electron chi connectivity index (χ3n) is 5.46. The van der Waals surface area contributed by atoms with Crippen molar-refractivity contribution in [2.24, 2.45) is 0 Å². The number of anilines is 3. The number of aromatic nitrogens is 1. The van der Waals surface area contributed by atoms with E-state index >= 15 is 0 Å². The minimum absolute atomic E-state index is 0.237. The van der Waals surface area contributed by atoms with Gasteiger partial charge in [-0.2, -0.15) is 0 Å². The van der Waals surface area contributed by atoms with Crippen molar-refractivity contribution in [1.29, 1.82) is 0 Å². The summed E-state index contributed by atoms with van der Waals surface area (Å²) in [6.45, 7) is 5.41. The van der Waals surface area contributed by atoms with Gasteiger partial charge in [0.05, 0.1) is 19.0 Å². The van der Waals surface area contributed by atoms with Crippen molar-refractivity contribution in [2.75, 3.05) is 48.4 Å². The molecule has 7 nitrogen and oxygen atoms in total. The van der Waals surface area contributed by atoms with E-state index in [-0.39, 0.29) is 5.91 Å². The van der Waals surface area contributed by atoms with Gasteiger partial charge in [-0.25, -0.2) is 4.98 Å². The number of nitrogens with one attached hydrogen (secondary N) is 1. The van der Waals surface area contributed by atoms with E-state index in [0.717, 1.165) is 32.0 Å². The predicted octanol–water partition coefficient (Wildman–Crippen LogP) is 3.82. The van der Waals surface area contributed by atoms with Gasteiger partial charge in [0.25, 0.3) is 5.91 Å². The number of para-hydroxylation sites is 1. The largest absolute Gasteiger partial charge is 0.497 e. The summed E-state index contributed by atoms with van der Waals surface area (Å²) in [5, 5.41) is 2.86. The highest BCUT2D eigenvalue weighted by Gasteiger charge is 2.19. The normalized spacial score (nSPS) is 14.6. The maximum atomic E-state index is 12.5. The van der Waals surface area contributed by atoms with Crippen LogP contribution in [0, 0.1) is 0 Å². The lowest BCUT2D eigenvalue weighted by molar-refractivity contribution is -0.122. The first-order valence-electron chi connectivity index (χ1n) is 10.7. The summed E-state index contributed by atoms with van der Waals surface area (Å²) < 4.78 is 10.9. The average molecular weight is 433 g/mol. The highest BCUT2D eigenvalue weighted by atomic mass is 16.5. The molecule has 1 N–H and O–H groups in total. The molecule has 4 rings (SSSR count). The number of methoxy groups -OCH3 is 1. The molecule has 32 heavy (non-hydrogen) atoms. The summed E-state index contributed by atoms with van der Waals surface area (Å²) in [6.07, 6.45) is 1.03. The van der Waals surface area contributed by atoms with E-state index in [1.54, 1.807) is 32.4 Å². The Balaban J connectivity index is 1.29. The molecule has 2 heterocycles. The van der Waals surface area contributed by atoms with Gasteiger partial charge in [-0.15, -0.1) is 0 Å². The van der Waals surface area contributed by atoms with Gasteiger partial charge in [-0.05, 0) is 43.3 Å². The molecule has 0 saturated carbocycles. The average Bonchev–Trinajstić information content (AvgIpc) is 2.85. The summed E-state index contributed by atoms with van der Waals surface area (Å²) in [4.78, 5) is 21.7. The maximum absolute atomic E-state index is 12.5. The smallest absolute Gasteiger partial charge is 0.265 e. The number of hydrogen-bond donors (Lipinski definition) is 1. The van der Waals surface area contributed by atoms with Crippen molar-refractivity contribution in [2.45, 2.75) is 13.0 Å². The van der Waals surface area contributed by atoms with Crippen molar-refractivity contribution in [3.05, 3.63) is 72.9 Å². The first kappa shape index (κ1) is 21.5. The predicted molar refractivity (Wildman–Crippen MR) is 127 cm³/mol. The molecule has 2 aromatic carbocycles. The molecule has 1 atom stereocenters. The molecule has 1 aliphatic heterocycles. The Morgan fingerprint density at radius 3 is 2.34 bits per heavy atom. The zero-order valence-corrected chi connectivity index (χ0v) is 18.4. The molecule has 1 saturated heterocycles. The molecule has 0 aliphatic carbocycles. The van der Waals surface area contributed by atoms with Crippen molar-refractivity contribution in [1.82, 2.24) is 4.98 Å². The van der Waals surface area contributed by atoms with Crippen molar-refractivity contribution in [3.63, 3.8) is 0 Å². The number of pyridine rings is 1. The van der Waals surface area contributed by atoms with Crippen LogP contribution >= 0.6 is 0 Å². The first-order valence-corrected chi connectivity index (χ1v) is 10.7. The molecule has 1 amide bonds. The number of carbonyl (C=O) groups excluding carboxylic acids is 1. The zero-order chi connectivity index (χ0) is 22.3. The Kier molecular flexibility index (Phi) is 6.75. The van der Waals surface area contributed by atoms with Crippen molar-refractivity contribution in [3.8, 4) is 11.5 Å². The SMILES string of the molecule is COc1cccc(OC(C)C(=O)Nc2ccc(N3CCN(c4ccccc4)CC3)nc2)c1. The second-order valence-corrected chi connectivity index (χ2v) is 7.64. The highest BCUT2D eigenvalue weighted by molar-refractivity contribution is 5.94. The molecule has 7 heteroatoms. The molecule has 3 aromatic rings. The number of benzene rings is 2. The lowest BCUT2D eigenvalue weighted by Crippen LogP contribution is -2.46. The lowest BCUT2D eigenvalue weighted by Gasteiger charge is -2.36. The van der Waals surface area contributed by atoms with E-state index in [9.17, 15) is 4.79 Å². The summed E-state index contributed by atoms with van der Waals surface area (Å²) >= 11 is 0. The first-order chi connectivity index (χ1) is 15.6. The van der Waals surface area contributed by atoms with Crippen LogP contribution in [0.3, 0.4) is 0 Å². The monoisotopic (exact) mass is 432 g/mol. The molecule has 0 bridgehead atoms. The summed E-state index contributed by atoms with van der Waals surface area (Å²) in [7, 11) is 1.59. The number of carbonyl (C=O) groups is 1. The maximum Gasteiger partial charge on any atom is 0.265 e. The standard InChI is InChI=1S/C25H28N4O3/c1-19(32-23-10-6-9-22(17-23)31-2)25(30)27-20-11-12-24(26-18-20)29-15-13-28(14-16-29)21-7-4-3-5-8-21/h3-12,17-19H,13-16H2,1-2H3,(H,27,30). The number of amides is 1. The Hall–Kier alpha value is -3.74. The number of hydrogen-bond acceptors (Lipinski definition) is 6. The second-order valence-electron chi connectivity index (χ2n) is 7.64. The summed E-state index contributed by atoms with van der Waals surface area (Å²) in [5.74, 6) is 1.94. The molecule has 1 aromatic heterocycles. The van der Waals surface area contributed by atoms with Gasteiger partial charge in [-0.1, -0.05) is 24.3 Å². The van der Waals surface area contributed by atoms with Crippen molar-refractivity contribution < 1.29 is 14.3 Å². The fraction of sp³-hybridized carbons (Fsp3) is 0.280. The molecule has 166 valence electrons. The van der Waals surface area contributed by atoms with Gasteiger partial charge in [0.15, 0.2) is 6.10 Å². The van der Waals surface area contributed by atoms with E-state index in [0.29, 0.717) is 17.2 Å². The van der Waals surface area contributed by atoms with E-state index < -0.39 is 6.10 Å². The molecular formula is C25H28N4O3. The van der Waals surface area contributed by atoms with Gasteiger partial charge in [0, 0.05) is 37.9 Å². The van der Waals surface area contributed by atoms with Crippen molar-refractivity contribution >= 4 is 23.1 Å². The van der Waals surface area contributed by atoms with Crippen LogP contribution in [0.4, 0.5) is 17.2 Å². The van der Waals surface area contributed by atoms with Crippen LogP contribution in [-0.2, 0) is 4.79 Å². The highest BCUT2D eigenvalue weighted by Crippen LogP contribution is 2.22. The van der Waals surface area contributed by atoms with Gasteiger partial charge in [0.2, 0.25) is 0 Å². The van der Waals surface area contributed by atoms with Crippen LogP contribution in [0.5, 0.6) is 11.5 Å². The minimum Gasteiger partial charge on any atom is -0.497 e. The quantitative estimate of drug-likeness (QED) is 0.612. The van der Waals surface area contributed by atoms with Crippen LogP contribution < -0.4 is 24.6 Å². The molecule has 1 fully saturated rings.